The van der Waals surface area contributed by atoms with E-state index in [2.05, 4.69) is 10.6 Å². The highest BCUT2D eigenvalue weighted by atomic mass is 33.1. The minimum atomic E-state index is -1.22. The van der Waals surface area contributed by atoms with E-state index < -0.39 is 47.5 Å². The molecule has 8 nitrogen and oxygen atoms in total. The molecule has 0 aliphatic rings. The second-order valence-electron chi connectivity index (χ2n) is 9.44. The number of carboxylic acids is 2. The standard InChI is InChI=1S/C26H30F2N2O6S2/c1-13(2)9-19(25(33)34)29-23(31)17-11-15(27)5-7-21(17)37-38-22-8-6-16(28)12-18(22)24(32)30-20(26(35)36)10-14(3)4/h5-8,11-14,19-20H,9-10H2,1-4H3,(H,29,31)(H,30,32)(H,33,34)(H,35,36)/t19-,20-/m0/s1. The number of nitrogens with one attached hydrogen (secondary N) is 2. The van der Waals surface area contributed by atoms with Crippen molar-refractivity contribution in [2.24, 2.45) is 11.8 Å². The molecule has 2 atom stereocenters. The Morgan fingerprint density at radius 1 is 0.711 bits per heavy atom. The van der Waals surface area contributed by atoms with Crippen molar-refractivity contribution in [1.29, 1.82) is 0 Å². The highest BCUT2D eigenvalue weighted by Gasteiger charge is 2.25. The molecule has 0 radical (unpaired) electrons. The lowest BCUT2D eigenvalue weighted by Crippen LogP contribution is -2.41. The predicted molar refractivity (Wildman–Crippen MR) is 141 cm³/mol. The monoisotopic (exact) mass is 568 g/mol. The molecule has 12 heteroatoms. The van der Waals surface area contributed by atoms with Crippen LogP contribution in [-0.2, 0) is 9.59 Å². The Hall–Kier alpha value is -3.12. The van der Waals surface area contributed by atoms with Gasteiger partial charge >= 0.3 is 11.9 Å². The molecule has 2 aromatic rings. The van der Waals surface area contributed by atoms with E-state index in [0.717, 1.165) is 45.9 Å². The van der Waals surface area contributed by atoms with Crippen LogP contribution in [-0.4, -0.2) is 46.0 Å². The first kappa shape index (κ1) is 31.1. The summed E-state index contributed by atoms with van der Waals surface area (Å²) in [5.74, 6) is -5.43. The lowest BCUT2D eigenvalue weighted by atomic mass is 10.0. The molecule has 0 saturated carbocycles. The zero-order valence-electron chi connectivity index (χ0n) is 21.3. The minimum Gasteiger partial charge on any atom is -0.480 e. The number of benzene rings is 2. The van der Waals surface area contributed by atoms with E-state index in [-0.39, 0.29) is 45.6 Å². The van der Waals surface area contributed by atoms with Crippen LogP contribution >= 0.6 is 21.6 Å². The summed E-state index contributed by atoms with van der Waals surface area (Å²) in [7, 11) is 1.97. The molecule has 4 N–H and O–H groups in total. The van der Waals surface area contributed by atoms with Gasteiger partial charge in [-0.25, -0.2) is 18.4 Å². The van der Waals surface area contributed by atoms with Gasteiger partial charge in [-0.3, -0.25) is 9.59 Å². The minimum absolute atomic E-state index is 0.0161. The maximum Gasteiger partial charge on any atom is 0.326 e. The van der Waals surface area contributed by atoms with Crippen LogP contribution in [0.1, 0.15) is 61.3 Å². The van der Waals surface area contributed by atoms with Crippen LogP contribution < -0.4 is 10.6 Å². The van der Waals surface area contributed by atoms with Crippen molar-refractivity contribution in [1.82, 2.24) is 10.6 Å². The van der Waals surface area contributed by atoms with Gasteiger partial charge in [0.05, 0.1) is 11.1 Å². The van der Waals surface area contributed by atoms with E-state index in [0.29, 0.717) is 0 Å². The third-order valence-electron chi connectivity index (χ3n) is 5.21. The molecule has 0 aliphatic carbocycles. The molecule has 0 spiro atoms. The fourth-order valence-corrected chi connectivity index (χ4v) is 5.77. The van der Waals surface area contributed by atoms with E-state index in [1.54, 1.807) is 27.7 Å². The van der Waals surface area contributed by atoms with Crippen LogP contribution in [0.25, 0.3) is 0 Å². The van der Waals surface area contributed by atoms with Crippen molar-refractivity contribution in [3.63, 3.8) is 0 Å². The van der Waals surface area contributed by atoms with Gasteiger partial charge in [-0.2, -0.15) is 0 Å². The van der Waals surface area contributed by atoms with Gasteiger partial charge < -0.3 is 20.8 Å². The summed E-state index contributed by atoms with van der Waals surface area (Å²) in [4.78, 5) is 49.5. The predicted octanol–water partition coefficient (Wildman–Crippen LogP) is 5.22. The van der Waals surface area contributed by atoms with Crippen molar-refractivity contribution in [2.75, 3.05) is 0 Å². The number of amides is 2. The summed E-state index contributed by atoms with van der Waals surface area (Å²) >= 11 is 0. The fraction of sp³-hybridized carbons (Fsp3) is 0.385. The number of halogens is 2. The number of carbonyl (C=O) groups excluding carboxylic acids is 2. The van der Waals surface area contributed by atoms with Crippen molar-refractivity contribution >= 4 is 45.3 Å². The van der Waals surface area contributed by atoms with E-state index in [1.807, 2.05) is 0 Å². The number of aliphatic carboxylic acids is 2. The molecular formula is C26H30F2N2O6S2. The first-order valence-corrected chi connectivity index (χ1v) is 13.9. The van der Waals surface area contributed by atoms with E-state index >= 15 is 0 Å². The highest BCUT2D eigenvalue weighted by Crippen LogP contribution is 2.41. The normalized spacial score (nSPS) is 12.7. The van der Waals surface area contributed by atoms with Crippen molar-refractivity contribution in [2.45, 2.75) is 62.4 Å². The lowest BCUT2D eigenvalue weighted by Gasteiger charge is -2.18. The van der Waals surface area contributed by atoms with Crippen LogP contribution in [0, 0.1) is 23.5 Å². The summed E-state index contributed by atoms with van der Waals surface area (Å²) < 4.78 is 28.0. The molecular weight excluding hydrogens is 538 g/mol. The molecule has 0 aliphatic heterocycles. The fourth-order valence-electron chi connectivity index (χ4n) is 3.45. The molecule has 206 valence electrons. The molecule has 0 unspecified atom stereocenters. The molecule has 2 aromatic carbocycles. The van der Waals surface area contributed by atoms with E-state index in [9.17, 15) is 38.2 Å². The van der Waals surface area contributed by atoms with Gasteiger partial charge in [0, 0.05) is 9.79 Å². The number of rotatable bonds is 13. The van der Waals surface area contributed by atoms with Gasteiger partial charge in [0.1, 0.15) is 23.7 Å². The zero-order valence-corrected chi connectivity index (χ0v) is 22.9. The number of hydrogen-bond acceptors (Lipinski definition) is 6. The van der Waals surface area contributed by atoms with Crippen LogP contribution in [0.2, 0.25) is 0 Å². The Labute approximate surface area is 227 Å². The van der Waals surface area contributed by atoms with Gasteiger partial charge in [0.25, 0.3) is 11.8 Å². The SMILES string of the molecule is CC(C)C[C@H](NC(=O)c1cc(F)ccc1SSc1ccc(F)cc1C(=O)N[C@@H](CC(C)C)C(=O)O)C(=O)O. The van der Waals surface area contributed by atoms with Gasteiger partial charge in [-0.15, -0.1) is 0 Å². The third-order valence-corrected chi connectivity index (χ3v) is 7.70. The number of carboxylic acid groups (broad SMARTS) is 2. The quantitative estimate of drug-likeness (QED) is 0.242. The lowest BCUT2D eigenvalue weighted by molar-refractivity contribution is -0.140. The van der Waals surface area contributed by atoms with Crippen molar-refractivity contribution < 1.29 is 38.2 Å². The number of hydrogen-bond donors (Lipinski definition) is 4. The first-order valence-electron chi connectivity index (χ1n) is 11.8. The van der Waals surface area contributed by atoms with Gasteiger partial charge in [0.2, 0.25) is 0 Å². The van der Waals surface area contributed by atoms with Crippen LogP contribution in [0.3, 0.4) is 0 Å². The molecule has 0 bridgehead atoms. The summed E-state index contributed by atoms with van der Waals surface area (Å²) in [6.45, 7) is 7.22. The molecule has 0 saturated heterocycles. The molecule has 38 heavy (non-hydrogen) atoms. The molecule has 0 heterocycles. The summed E-state index contributed by atoms with van der Waals surface area (Å²) in [6.07, 6.45) is 0.353. The second-order valence-corrected chi connectivity index (χ2v) is 11.6. The van der Waals surface area contributed by atoms with Gasteiger partial charge in [-0.1, -0.05) is 49.3 Å². The Kier molecular flexibility index (Phi) is 11.6. The van der Waals surface area contributed by atoms with Gasteiger partial charge in [0.15, 0.2) is 0 Å². The maximum absolute atomic E-state index is 14.0. The maximum atomic E-state index is 14.0. The van der Waals surface area contributed by atoms with Crippen molar-refractivity contribution in [3.8, 4) is 0 Å². The van der Waals surface area contributed by atoms with Crippen LogP contribution in [0.4, 0.5) is 8.78 Å². The smallest absolute Gasteiger partial charge is 0.326 e. The average molecular weight is 569 g/mol. The molecule has 2 rings (SSSR count). The molecule has 0 aromatic heterocycles. The highest BCUT2D eigenvalue weighted by molar-refractivity contribution is 8.76. The van der Waals surface area contributed by atoms with Gasteiger partial charge in [-0.05, 0) is 61.1 Å². The Balaban J connectivity index is 2.29. The van der Waals surface area contributed by atoms with Crippen LogP contribution in [0.15, 0.2) is 46.2 Å². The van der Waals surface area contributed by atoms with Crippen LogP contribution in [0.5, 0.6) is 0 Å². The third kappa shape index (κ3) is 9.32. The Bertz CT molecular complexity index is 1100. The number of carbonyl (C=O) groups is 4. The molecule has 2 amide bonds. The van der Waals surface area contributed by atoms with E-state index in [4.69, 9.17) is 0 Å². The van der Waals surface area contributed by atoms with E-state index in [1.165, 1.54) is 12.1 Å². The summed E-state index contributed by atoms with van der Waals surface area (Å²) in [5, 5.41) is 23.7. The second kappa shape index (κ2) is 14.1. The summed E-state index contributed by atoms with van der Waals surface area (Å²) in [5.41, 5.74) is -0.206. The average Bonchev–Trinajstić information content (AvgIpc) is 2.82. The topological polar surface area (TPSA) is 133 Å². The summed E-state index contributed by atoms with van der Waals surface area (Å²) in [6, 6.07) is 4.56. The zero-order chi connectivity index (χ0) is 28.6. The largest absolute Gasteiger partial charge is 0.480 e. The Morgan fingerprint density at radius 3 is 1.34 bits per heavy atom. The van der Waals surface area contributed by atoms with Crippen molar-refractivity contribution in [3.05, 3.63) is 59.2 Å². The molecule has 0 fully saturated rings. The Morgan fingerprint density at radius 2 is 1.05 bits per heavy atom. The first-order chi connectivity index (χ1) is 17.8.